The molecule has 1 heterocycles. The van der Waals surface area contributed by atoms with Crippen LogP contribution in [0.5, 0.6) is 0 Å². The molecule has 1 aliphatic heterocycles. The third-order valence-electron chi connectivity index (χ3n) is 4.25. The first-order valence-corrected chi connectivity index (χ1v) is 5.59. The molecule has 3 aliphatic rings. The van der Waals surface area contributed by atoms with Gasteiger partial charge < -0.3 is 4.74 Å². The Morgan fingerprint density at radius 3 is 2.77 bits per heavy atom. The average molecular weight is 198 g/mol. The van der Waals surface area contributed by atoms with Gasteiger partial charge >= 0.3 is 5.97 Å². The molecule has 0 radical (unpaired) electrons. The van der Waals surface area contributed by atoms with Gasteiger partial charge in [0.25, 0.3) is 0 Å². The Morgan fingerprint density at radius 1 is 1.46 bits per heavy atom. The molecular weight excluding hydrogens is 184 g/mol. The third kappa shape index (κ3) is 0.888. The van der Waals surface area contributed by atoms with Crippen LogP contribution in [0.25, 0.3) is 0 Å². The fourth-order valence-electron chi connectivity index (χ4n) is 3.54. The minimum Gasteiger partial charge on any atom is -0.465 e. The Labute approximate surface area is 83.4 Å². The first-order valence-electron chi connectivity index (χ1n) is 5.08. The van der Waals surface area contributed by atoms with Gasteiger partial charge in [-0.05, 0) is 37.5 Å². The van der Waals surface area contributed by atoms with Crippen molar-refractivity contribution in [3.63, 3.8) is 0 Å². The highest BCUT2D eigenvalue weighted by Gasteiger charge is 2.60. The van der Waals surface area contributed by atoms with E-state index in [1.165, 1.54) is 6.42 Å². The Balaban J connectivity index is 1.92. The third-order valence-corrected chi connectivity index (χ3v) is 4.89. The summed E-state index contributed by atoms with van der Waals surface area (Å²) in [5.41, 5.74) is -0.0656. The van der Waals surface area contributed by atoms with Crippen molar-refractivity contribution in [1.82, 2.24) is 0 Å². The minimum atomic E-state index is -0.0656. The molecule has 2 nitrogen and oxygen atoms in total. The van der Waals surface area contributed by atoms with Gasteiger partial charge in [0.2, 0.25) is 0 Å². The minimum absolute atomic E-state index is 0.0656. The summed E-state index contributed by atoms with van der Waals surface area (Å²) in [7, 11) is 0. The standard InChI is InChI=1S/C10H14O2S/c11-9-10(1-2-12-9)5-6-3-7(10)4-8(6)13/h6-8,13H,1-5H2. The highest BCUT2D eigenvalue weighted by molar-refractivity contribution is 7.81. The molecule has 1 spiro atoms. The lowest BCUT2D eigenvalue weighted by molar-refractivity contribution is -0.148. The van der Waals surface area contributed by atoms with Gasteiger partial charge in [-0.15, -0.1) is 0 Å². The number of esters is 1. The Bertz CT molecular complexity index is 264. The molecule has 13 heavy (non-hydrogen) atoms. The van der Waals surface area contributed by atoms with Crippen LogP contribution in [-0.2, 0) is 9.53 Å². The predicted octanol–water partition coefficient (Wildman–Crippen LogP) is 1.65. The summed E-state index contributed by atoms with van der Waals surface area (Å²) >= 11 is 4.55. The summed E-state index contributed by atoms with van der Waals surface area (Å²) in [6.07, 6.45) is 4.35. The molecule has 2 saturated carbocycles. The first-order chi connectivity index (χ1) is 6.22. The molecule has 1 saturated heterocycles. The van der Waals surface area contributed by atoms with Crippen LogP contribution >= 0.6 is 12.6 Å². The second-order valence-electron chi connectivity index (χ2n) is 4.74. The van der Waals surface area contributed by atoms with Crippen LogP contribution in [0.1, 0.15) is 25.7 Å². The lowest BCUT2D eigenvalue weighted by atomic mass is 9.72. The number of carbonyl (C=O) groups excluding carboxylic acids is 1. The molecule has 3 rings (SSSR count). The molecule has 3 fully saturated rings. The molecule has 0 N–H and O–H groups in total. The van der Waals surface area contributed by atoms with Gasteiger partial charge in [0.15, 0.2) is 0 Å². The number of hydrogen-bond donors (Lipinski definition) is 1. The van der Waals surface area contributed by atoms with E-state index in [9.17, 15) is 4.79 Å². The van der Waals surface area contributed by atoms with Crippen molar-refractivity contribution in [2.75, 3.05) is 6.61 Å². The molecule has 4 atom stereocenters. The van der Waals surface area contributed by atoms with Gasteiger partial charge in [-0.2, -0.15) is 12.6 Å². The van der Waals surface area contributed by atoms with E-state index < -0.39 is 0 Å². The van der Waals surface area contributed by atoms with Crippen molar-refractivity contribution in [2.45, 2.75) is 30.9 Å². The first kappa shape index (κ1) is 8.16. The van der Waals surface area contributed by atoms with Crippen LogP contribution in [0.3, 0.4) is 0 Å². The fourth-order valence-corrected chi connectivity index (χ4v) is 4.02. The quantitative estimate of drug-likeness (QED) is 0.473. The molecule has 0 aromatic rings. The van der Waals surface area contributed by atoms with Crippen molar-refractivity contribution in [3.8, 4) is 0 Å². The second kappa shape index (κ2) is 2.44. The fraction of sp³-hybridized carbons (Fsp3) is 0.900. The monoisotopic (exact) mass is 198 g/mol. The predicted molar refractivity (Wildman–Crippen MR) is 51.6 cm³/mol. The number of fused-ring (bicyclic) bond motifs is 3. The maximum atomic E-state index is 11.6. The van der Waals surface area contributed by atoms with Gasteiger partial charge in [-0.25, -0.2) is 0 Å². The zero-order valence-electron chi connectivity index (χ0n) is 7.53. The Kier molecular flexibility index (Phi) is 1.53. The van der Waals surface area contributed by atoms with E-state index in [1.54, 1.807) is 0 Å². The van der Waals surface area contributed by atoms with Gasteiger partial charge in [-0.3, -0.25) is 4.79 Å². The normalized spacial score (nSPS) is 53.3. The summed E-state index contributed by atoms with van der Waals surface area (Å²) in [4.78, 5) is 11.6. The van der Waals surface area contributed by atoms with Crippen LogP contribution in [0.4, 0.5) is 0 Å². The highest BCUT2D eigenvalue weighted by atomic mass is 32.1. The van der Waals surface area contributed by atoms with Crippen molar-refractivity contribution < 1.29 is 9.53 Å². The van der Waals surface area contributed by atoms with E-state index in [0.29, 0.717) is 23.7 Å². The van der Waals surface area contributed by atoms with E-state index in [1.807, 2.05) is 0 Å². The van der Waals surface area contributed by atoms with Crippen molar-refractivity contribution >= 4 is 18.6 Å². The van der Waals surface area contributed by atoms with Gasteiger partial charge in [-0.1, -0.05) is 0 Å². The van der Waals surface area contributed by atoms with Crippen LogP contribution in [-0.4, -0.2) is 17.8 Å². The molecular formula is C10H14O2S. The van der Waals surface area contributed by atoms with Crippen LogP contribution in [0.15, 0.2) is 0 Å². The summed E-state index contributed by atoms with van der Waals surface area (Å²) < 4.78 is 5.11. The Hall–Kier alpha value is -0.180. The lowest BCUT2D eigenvalue weighted by Gasteiger charge is -2.31. The van der Waals surface area contributed by atoms with Gasteiger partial charge in [0.1, 0.15) is 0 Å². The van der Waals surface area contributed by atoms with Crippen LogP contribution < -0.4 is 0 Å². The molecule has 4 unspecified atom stereocenters. The van der Waals surface area contributed by atoms with E-state index in [-0.39, 0.29) is 11.4 Å². The zero-order chi connectivity index (χ0) is 9.05. The van der Waals surface area contributed by atoms with E-state index >= 15 is 0 Å². The van der Waals surface area contributed by atoms with Gasteiger partial charge in [0, 0.05) is 5.25 Å². The smallest absolute Gasteiger partial charge is 0.312 e. The van der Waals surface area contributed by atoms with Crippen LogP contribution in [0.2, 0.25) is 0 Å². The van der Waals surface area contributed by atoms with Crippen molar-refractivity contribution in [2.24, 2.45) is 17.3 Å². The number of rotatable bonds is 0. The number of cyclic esters (lactones) is 1. The molecule has 0 amide bonds. The summed E-state index contributed by atoms with van der Waals surface area (Å²) in [5.74, 6) is 1.34. The van der Waals surface area contributed by atoms with E-state index in [2.05, 4.69) is 12.6 Å². The zero-order valence-corrected chi connectivity index (χ0v) is 8.43. The molecule has 72 valence electrons. The van der Waals surface area contributed by atoms with Crippen molar-refractivity contribution in [1.29, 1.82) is 0 Å². The number of carbonyl (C=O) groups is 1. The number of hydrogen-bond acceptors (Lipinski definition) is 3. The lowest BCUT2D eigenvalue weighted by Crippen LogP contribution is -2.35. The largest absolute Gasteiger partial charge is 0.465 e. The molecule has 3 heteroatoms. The summed E-state index contributed by atoms with van der Waals surface area (Å²) in [5, 5.41) is 0.545. The molecule has 0 aromatic heterocycles. The van der Waals surface area contributed by atoms with Gasteiger partial charge in [0.05, 0.1) is 12.0 Å². The second-order valence-corrected chi connectivity index (χ2v) is 5.41. The maximum Gasteiger partial charge on any atom is 0.312 e. The Morgan fingerprint density at radius 2 is 2.31 bits per heavy atom. The van der Waals surface area contributed by atoms with Crippen LogP contribution in [0, 0.1) is 17.3 Å². The van der Waals surface area contributed by atoms with E-state index in [0.717, 1.165) is 19.3 Å². The van der Waals surface area contributed by atoms with Crippen molar-refractivity contribution in [3.05, 3.63) is 0 Å². The topological polar surface area (TPSA) is 26.3 Å². The SMILES string of the molecule is O=C1OCCC12CC1CC2CC1S. The summed E-state index contributed by atoms with van der Waals surface area (Å²) in [6.45, 7) is 0.652. The molecule has 2 bridgehead atoms. The maximum absolute atomic E-state index is 11.6. The number of thiol groups is 1. The molecule has 0 aromatic carbocycles. The molecule has 2 aliphatic carbocycles. The number of ether oxygens (including phenoxy) is 1. The van der Waals surface area contributed by atoms with E-state index in [4.69, 9.17) is 4.74 Å². The highest BCUT2D eigenvalue weighted by Crippen LogP contribution is 2.60. The summed E-state index contributed by atoms with van der Waals surface area (Å²) in [6, 6.07) is 0. The average Bonchev–Trinajstić information content (AvgIpc) is 2.70.